The molecule has 0 aromatic rings. The van der Waals surface area contributed by atoms with Crippen molar-refractivity contribution < 1.29 is 14.2 Å². The van der Waals surface area contributed by atoms with E-state index in [4.69, 9.17) is 14.2 Å². The maximum atomic E-state index is 5.69. The predicted octanol–water partition coefficient (Wildman–Crippen LogP) is 3.80. The Labute approximate surface area is 113 Å². The van der Waals surface area contributed by atoms with Crippen LogP contribution in [0.5, 0.6) is 0 Å². The molecule has 0 rings (SSSR count). The van der Waals surface area contributed by atoms with E-state index in [0.717, 1.165) is 26.1 Å². The quantitative estimate of drug-likeness (QED) is 0.471. The normalized spacial score (nSPS) is 14.7. The summed E-state index contributed by atoms with van der Waals surface area (Å²) in [6.07, 6.45) is 6.28. The molecule has 2 atom stereocenters. The van der Waals surface area contributed by atoms with Gasteiger partial charge in [0.25, 0.3) is 0 Å². The highest BCUT2D eigenvalue weighted by Crippen LogP contribution is 2.00. The standard InChI is InChI=1S/C15H32O3/c1-5-7-9-10-16-12-14(3)18-13-15(4)17-11-8-6-2/h14-15H,5-13H2,1-4H3. The third kappa shape index (κ3) is 12.3. The monoisotopic (exact) mass is 260 g/mol. The van der Waals surface area contributed by atoms with Crippen LogP contribution in [0.25, 0.3) is 0 Å². The Morgan fingerprint density at radius 2 is 1.39 bits per heavy atom. The van der Waals surface area contributed by atoms with Crippen LogP contribution >= 0.6 is 0 Å². The Morgan fingerprint density at radius 1 is 0.722 bits per heavy atom. The second kappa shape index (κ2) is 13.3. The maximum Gasteiger partial charge on any atom is 0.0781 e. The summed E-state index contributed by atoms with van der Waals surface area (Å²) >= 11 is 0. The predicted molar refractivity (Wildman–Crippen MR) is 76.1 cm³/mol. The van der Waals surface area contributed by atoms with Crippen LogP contribution in [-0.4, -0.2) is 38.6 Å². The first-order valence-corrected chi connectivity index (χ1v) is 7.51. The van der Waals surface area contributed by atoms with Gasteiger partial charge in [-0.1, -0.05) is 33.1 Å². The van der Waals surface area contributed by atoms with Gasteiger partial charge in [0.1, 0.15) is 0 Å². The lowest BCUT2D eigenvalue weighted by molar-refractivity contribution is -0.0575. The Morgan fingerprint density at radius 3 is 2.06 bits per heavy atom. The van der Waals surface area contributed by atoms with Crippen LogP contribution in [0.2, 0.25) is 0 Å². The number of rotatable bonds is 13. The van der Waals surface area contributed by atoms with E-state index in [1.54, 1.807) is 0 Å². The minimum atomic E-state index is 0.156. The molecule has 3 heteroatoms. The topological polar surface area (TPSA) is 27.7 Å². The first-order valence-electron chi connectivity index (χ1n) is 7.51. The molecule has 3 nitrogen and oxygen atoms in total. The minimum absolute atomic E-state index is 0.156. The molecule has 0 amide bonds. The number of unbranched alkanes of at least 4 members (excludes halogenated alkanes) is 3. The van der Waals surface area contributed by atoms with Gasteiger partial charge in [-0.25, -0.2) is 0 Å². The van der Waals surface area contributed by atoms with Crippen molar-refractivity contribution in [3.8, 4) is 0 Å². The molecule has 0 aromatic carbocycles. The van der Waals surface area contributed by atoms with Gasteiger partial charge in [0.05, 0.1) is 25.4 Å². The van der Waals surface area contributed by atoms with E-state index in [9.17, 15) is 0 Å². The summed E-state index contributed by atoms with van der Waals surface area (Å²) < 4.78 is 16.9. The Balaban J connectivity index is 3.31. The summed E-state index contributed by atoms with van der Waals surface area (Å²) in [6, 6.07) is 0. The van der Waals surface area contributed by atoms with Gasteiger partial charge in [-0.15, -0.1) is 0 Å². The van der Waals surface area contributed by atoms with E-state index in [0.29, 0.717) is 13.2 Å². The van der Waals surface area contributed by atoms with E-state index >= 15 is 0 Å². The van der Waals surface area contributed by atoms with Crippen LogP contribution in [-0.2, 0) is 14.2 Å². The third-order valence-corrected chi connectivity index (χ3v) is 2.76. The average Bonchev–Trinajstić information content (AvgIpc) is 2.36. The Kier molecular flexibility index (Phi) is 13.2. The summed E-state index contributed by atoms with van der Waals surface area (Å²) in [5, 5.41) is 0. The minimum Gasteiger partial charge on any atom is -0.379 e. The highest BCUT2D eigenvalue weighted by atomic mass is 16.6. The average molecular weight is 260 g/mol. The Hall–Kier alpha value is -0.120. The zero-order valence-electron chi connectivity index (χ0n) is 12.7. The second-order valence-electron chi connectivity index (χ2n) is 4.96. The van der Waals surface area contributed by atoms with Crippen molar-refractivity contribution in [3.63, 3.8) is 0 Å². The maximum absolute atomic E-state index is 5.69. The molecule has 2 unspecified atom stereocenters. The molecule has 0 saturated heterocycles. The molecule has 0 fully saturated rings. The van der Waals surface area contributed by atoms with E-state index in [-0.39, 0.29) is 12.2 Å². The van der Waals surface area contributed by atoms with Crippen molar-refractivity contribution in [3.05, 3.63) is 0 Å². The lowest BCUT2D eigenvalue weighted by atomic mass is 10.3. The van der Waals surface area contributed by atoms with E-state index < -0.39 is 0 Å². The molecule has 0 aromatic heterocycles. The van der Waals surface area contributed by atoms with E-state index in [1.807, 2.05) is 0 Å². The summed E-state index contributed by atoms with van der Waals surface area (Å²) in [6.45, 7) is 11.5. The van der Waals surface area contributed by atoms with Crippen molar-refractivity contribution in [2.24, 2.45) is 0 Å². The molecule has 0 aliphatic carbocycles. The molecule has 0 heterocycles. The van der Waals surface area contributed by atoms with Crippen LogP contribution in [0, 0.1) is 0 Å². The van der Waals surface area contributed by atoms with Crippen LogP contribution < -0.4 is 0 Å². The molecule has 0 bridgehead atoms. The molecule has 18 heavy (non-hydrogen) atoms. The molecular formula is C15H32O3. The smallest absolute Gasteiger partial charge is 0.0781 e. The lowest BCUT2D eigenvalue weighted by Gasteiger charge is -2.17. The van der Waals surface area contributed by atoms with Crippen LogP contribution in [0.15, 0.2) is 0 Å². The molecule has 0 N–H and O–H groups in total. The van der Waals surface area contributed by atoms with Gasteiger partial charge < -0.3 is 14.2 Å². The van der Waals surface area contributed by atoms with Crippen molar-refractivity contribution in [2.45, 2.75) is 72.0 Å². The molecule has 0 aliphatic heterocycles. The van der Waals surface area contributed by atoms with Crippen molar-refractivity contribution in [2.75, 3.05) is 26.4 Å². The van der Waals surface area contributed by atoms with Gasteiger partial charge in [0.15, 0.2) is 0 Å². The summed E-state index contributed by atoms with van der Waals surface area (Å²) in [7, 11) is 0. The molecule has 0 spiro atoms. The summed E-state index contributed by atoms with van der Waals surface area (Å²) in [4.78, 5) is 0. The second-order valence-corrected chi connectivity index (χ2v) is 4.96. The van der Waals surface area contributed by atoms with Crippen LogP contribution in [0.4, 0.5) is 0 Å². The number of hydrogen-bond acceptors (Lipinski definition) is 3. The molecule has 0 aliphatic rings. The molecule has 110 valence electrons. The largest absolute Gasteiger partial charge is 0.379 e. The van der Waals surface area contributed by atoms with Gasteiger partial charge in [0.2, 0.25) is 0 Å². The van der Waals surface area contributed by atoms with Crippen molar-refractivity contribution in [1.29, 1.82) is 0 Å². The van der Waals surface area contributed by atoms with Gasteiger partial charge in [-0.3, -0.25) is 0 Å². The zero-order chi connectivity index (χ0) is 13.6. The fourth-order valence-electron chi connectivity index (χ4n) is 1.53. The highest BCUT2D eigenvalue weighted by Gasteiger charge is 2.07. The number of ether oxygens (including phenoxy) is 3. The van der Waals surface area contributed by atoms with Gasteiger partial charge >= 0.3 is 0 Å². The molecule has 0 saturated carbocycles. The van der Waals surface area contributed by atoms with Crippen molar-refractivity contribution >= 4 is 0 Å². The van der Waals surface area contributed by atoms with Crippen LogP contribution in [0.1, 0.15) is 59.8 Å². The summed E-state index contributed by atoms with van der Waals surface area (Å²) in [5.74, 6) is 0. The van der Waals surface area contributed by atoms with Crippen molar-refractivity contribution in [1.82, 2.24) is 0 Å². The van der Waals surface area contributed by atoms with Gasteiger partial charge in [-0.2, -0.15) is 0 Å². The first-order chi connectivity index (χ1) is 8.70. The van der Waals surface area contributed by atoms with E-state index in [1.165, 1.54) is 19.3 Å². The Bertz CT molecular complexity index is 162. The van der Waals surface area contributed by atoms with Gasteiger partial charge in [-0.05, 0) is 26.7 Å². The van der Waals surface area contributed by atoms with Crippen LogP contribution in [0.3, 0.4) is 0 Å². The third-order valence-electron chi connectivity index (χ3n) is 2.76. The lowest BCUT2D eigenvalue weighted by Crippen LogP contribution is -2.23. The van der Waals surface area contributed by atoms with Gasteiger partial charge in [0, 0.05) is 13.2 Å². The SMILES string of the molecule is CCCCCOCC(C)OCC(C)OCCCC. The zero-order valence-corrected chi connectivity index (χ0v) is 12.7. The van der Waals surface area contributed by atoms with E-state index in [2.05, 4.69) is 27.7 Å². The fraction of sp³-hybridized carbons (Fsp3) is 1.00. The first kappa shape index (κ1) is 17.9. The highest BCUT2D eigenvalue weighted by molar-refractivity contribution is 4.53. The summed E-state index contributed by atoms with van der Waals surface area (Å²) in [5.41, 5.74) is 0. The molecule has 0 radical (unpaired) electrons. The fourth-order valence-corrected chi connectivity index (χ4v) is 1.53. The molecular weight excluding hydrogens is 228 g/mol. The number of hydrogen-bond donors (Lipinski definition) is 0.